The van der Waals surface area contributed by atoms with Crippen LogP contribution in [-0.2, 0) is 11.3 Å². The molecule has 0 spiro atoms. The van der Waals surface area contributed by atoms with Gasteiger partial charge in [0.1, 0.15) is 11.5 Å². The Bertz CT molecular complexity index is 1020. The van der Waals surface area contributed by atoms with Gasteiger partial charge in [-0.15, -0.1) is 0 Å². The first-order chi connectivity index (χ1) is 15.1. The first kappa shape index (κ1) is 20.5. The van der Waals surface area contributed by atoms with Crippen LogP contribution in [0.2, 0.25) is 0 Å². The van der Waals surface area contributed by atoms with Gasteiger partial charge < -0.3 is 20.3 Å². The summed E-state index contributed by atoms with van der Waals surface area (Å²) in [6.07, 6.45) is 0.187. The van der Waals surface area contributed by atoms with E-state index in [1.807, 2.05) is 78.9 Å². The van der Waals surface area contributed by atoms with Crippen molar-refractivity contribution in [1.29, 1.82) is 0 Å². The average Bonchev–Trinajstić information content (AvgIpc) is 2.79. The summed E-state index contributed by atoms with van der Waals surface area (Å²) in [7, 11) is 1.73. The van der Waals surface area contributed by atoms with Crippen LogP contribution in [0.1, 0.15) is 29.2 Å². The van der Waals surface area contributed by atoms with E-state index in [4.69, 9.17) is 4.74 Å². The van der Waals surface area contributed by atoms with Crippen LogP contribution >= 0.6 is 0 Å². The highest BCUT2D eigenvalue weighted by Gasteiger charge is 2.27. The number of benzene rings is 3. The third-order valence-corrected chi connectivity index (χ3v) is 5.22. The maximum Gasteiger partial charge on any atom is 0.317 e. The summed E-state index contributed by atoms with van der Waals surface area (Å²) in [5, 5.41) is 5.90. The van der Waals surface area contributed by atoms with Gasteiger partial charge in [-0.25, -0.2) is 4.79 Å². The SMILES string of the molecule is CN(Cc1ccccc1)C(=O)NCCC(=O)NC1c2ccccc2Oc2ccccc21. The first-order valence-electron chi connectivity index (χ1n) is 10.3. The van der Waals surface area contributed by atoms with Gasteiger partial charge in [0.2, 0.25) is 5.91 Å². The van der Waals surface area contributed by atoms with E-state index < -0.39 is 0 Å². The molecule has 0 saturated heterocycles. The minimum absolute atomic E-state index is 0.137. The third kappa shape index (κ3) is 4.86. The van der Waals surface area contributed by atoms with E-state index in [1.54, 1.807) is 11.9 Å². The number of nitrogens with zero attached hydrogens (tertiary/aromatic N) is 1. The molecule has 1 heterocycles. The van der Waals surface area contributed by atoms with Gasteiger partial charge in [-0.1, -0.05) is 66.7 Å². The molecule has 0 atom stereocenters. The Morgan fingerprint density at radius 2 is 1.45 bits per heavy atom. The van der Waals surface area contributed by atoms with E-state index in [0.29, 0.717) is 6.54 Å². The Morgan fingerprint density at radius 1 is 0.871 bits per heavy atom. The quantitative estimate of drug-likeness (QED) is 0.633. The molecule has 6 nitrogen and oxygen atoms in total. The summed E-state index contributed by atoms with van der Waals surface area (Å²) < 4.78 is 5.96. The molecule has 0 saturated carbocycles. The fourth-order valence-corrected chi connectivity index (χ4v) is 3.65. The van der Waals surface area contributed by atoms with Crippen molar-refractivity contribution in [3.8, 4) is 11.5 Å². The Labute approximate surface area is 181 Å². The van der Waals surface area contributed by atoms with Gasteiger partial charge in [-0.05, 0) is 17.7 Å². The van der Waals surface area contributed by atoms with Crippen LogP contribution in [0, 0.1) is 0 Å². The number of rotatable bonds is 6. The van der Waals surface area contributed by atoms with Crippen molar-refractivity contribution < 1.29 is 14.3 Å². The molecule has 3 amide bonds. The van der Waals surface area contributed by atoms with Gasteiger partial charge >= 0.3 is 6.03 Å². The van der Waals surface area contributed by atoms with Crippen LogP contribution in [0.3, 0.4) is 0 Å². The van der Waals surface area contributed by atoms with Crippen molar-refractivity contribution in [3.05, 3.63) is 95.6 Å². The van der Waals surface area contributed by atoms with Crippen LogP contribution in [0.5, 0.6) is 11.5 Å². The fraction of sp³-hybridized carbons (Fsp3) is 0.200. The van der Waals surface area contributed by atoms with Gasteiger partial charge in [0.25, 0.3) is 0 Å². The molecule has 6 heteroatoms. The third-order valence-electron chi connectivity index (χ3n) is 5.22. The summed E-state index contributed by atoms with van der Waals surface area (Å²) >= 11 is 0. The van der Waals surface area contributed by atoms with Crippen molar-refractivity contribution in [1.82, 2.24) is 15.5 Å². The number of hydrogen-bond donors (Lipinski definition) is 2. The van der Waals surface area contributed by atoms with Crippen LogP contribution in [0.4, 0.5) is 4.79 Å². The molecule has 0 aliphatic carbocycles. The predicted molar refractivity (Wildman–Crippen MR) is 119 cm³/mol. The summed E-state index contributed by atoms with van der Waals surface area (Å²) in [5.41, 5.74) is 2.89. The van der Waals surface area contributed by atoms with Crippen LogP contribution in [-0.4, -0.2) is 30.4 Å². The summed E-state index contributed by atoms with van der Waals surface area (Å²) in [6, 6.07) is 24.7. The van der Waals surface area contributed by atoms with Crippen molar-refractivity contribution in [2.24, 2.45) is 0 Å². The molecule has 2 N–H and O–H groups in total. The highest BCUT2D eigenvalue weighted by atomic mass is 16.5. The average molecular weight is 415 g/mol. The molecule has 0 aromatic heterocycles. The number of para-hydroxylation sites is 2. The standard InChI is InChI=1S/C25H25N3O3/c1-28(17-18-9-3-2-4-10-18)25(30)26-16-15-23(29)27-24-19-11-5-7-13-21(19)31-22-14-8-6-12-20(22)24/h2-14,24H,15-17H2,1H3,(H,26,30)(H,27,29). The lowest BCUT2D eigenvalue weighted by atomic mass is 9.94. The van der Waals surface area contributed by atoms with Crippen molar-refractivity contribution in [2.75, 3.05) is 13.6 Å². The van der Waals surface area contributed by atoms with E-state index in [0.717, 1.165) is 28.2 Å². The Balaban J connectivity index is 1.33. The summed E-state index contributed by atoms with van der Waals surface area (Å²) in [5.74, 6) is 1.34. The minimum atomic E-state index is -0.287. The van der Waals surface area contributed by atoms with Crippen LogP contribution in [0.15, 0.2) is 78.9 Å². The Hall–Kier alpha value is -3.80. The monoisotopic (exact) mass is 415 g/mol. The number of urea groups is 1. The van der Waals surface area contributed by atoms with Crippen molar-refractivity contribution >= 4 is 11.9 Å². The highest BCUT2D eigenvalue weighted by molar-refractivity contribution is 5.79. The number of nitrogens with one attached hydrogen (secondary N) is 2. The van der Waals surface area contributed by atoms with Gasteiger partial charge in [-0.3, -0.25) is 4.79 Å². The molecule has 0 unspecified atom stereocenters. The first-order valence-corrected chi connectivity index (χ1v) is 10.3. The smallest absolute Gasteiger partial charge is 0.317 e. The molecular formula is C25H25N3O3. The highest BCUT2D eigenvalue weighted by Crippen LogP contribution is 2.42. The maximum atomic E-state index is 12.7. The van der Waals surface area contributed by atoms with Gasteiger partial charge in [0.05, 0.1) is 6.04 Å². The number of ether oxygens (including phenoxy) is 1. The zero-order chi connectivity index (χ0) is 21.6. The lowest BCUT2D eigenvalue weighted by Gasteiger charge is -2.28. The van der Waals surface area contributed by atoms with E-state index in [2.05, 4.69) is 10.6 Å². The molecule has 4 rings (SSSR count). The van der Waals surface area contributed by atoms with Crippen molar-refractivity contribution in [2.45, 2.75) is 19.0 Å². The molecule has 3 aromatic carbocycles. The second kappa shape index (κ2) is 9.34. The molecule has 1 aliphatic rings. The maximum absolute atomic E-state index is 12.7. The van der Waals surface area contributed by atoms with E-state index in [9.17, 15) is 9.59 Å². The topological polar surface area (TPSA) is 70.7 Å². The molecular weight excluding hydrogens is 390 g/mol. The lowest BCUT2D eigenvalue weighted by Crippen LogP contribution is -2.39. The summed E-state index contributed by atoms with van der Waals surface area (Å²) in [6.45, 7) is 0.769. The second-order valence-electron chi connectivity index (χ2n) is 7.50. The lowest BCUT2D eigenvalue weighted by molar-refractivity contribution is -0.121. The van der Waals surface area contributed by atoms with E-state index in [1.165, 1.54) is 0 Å². The number of fused-ring (bicyclic) bond motifs is 2. The largest absolute Gasteiger partial charge is 0.457 e. The Morgan fingerprint density at radius 3 is 2.10 bits per heavy atom. The number of carbonyl (C=O) groups excluding carboxylic acids is 2. The molecule has 1 aliphatic heterocycles. The van der Waals surface area contributed by atoms with Gasteiger partial charge in [-0.2, -0.15) is 0 Å². The molecule has 158 valence electrons. The zero-order valence-corrected chi connectivity index (χ0v) is 17.4. The van der Waals surface area contributed by atoms with E-state index >= 15 is 0 Å². The number of amides is 3. The molecule has 0 radical (unpaired) electrons. The fourth-order valence-electron chi connectivity index (χ4n) is 3.65. The molecule has 0 bridgehead atoms. The predicted octanol–water partition coefficient (Wildman–Crippen LogP) is 4.23. The van der Waals surface area contributed by atoms with Crippen LogP contribution in [0.25, 0.3) is 0 Å². The number of hydrogen-bond acceptors (Lipinski definition) is 3. The Kier molecular flexibility index (Phi) is 6.17. The second-order valence-corrected chi connectivity index (χ2v) is 7.50. The van der Waals surface area contributed by atoms with Gasteiger partial charge in [0.15, 0.2) is 0 Å². The molecule has 3 aromatic rings. The normalized spacial score (nSPS) is 12.2. The van der Waals surface area contributed by atoms with Gasteiger partial charge in [0, 0.05) is 37.7 Å². The zero-order valence-electron chi connectivity index (χ0n) is 17.4. The summed E-state index contributed by atoms with van der Waals surface area (Å²) in [4.78, 5) is 26.6. The molecule has 31 heavy (non-hydrogen) atoms. The minimum Gasteiger partial charge on any atom is -0.457 e. The van der Waals surface area contributed by atoms with Crippen molar-refractivity contribution in [3.63, 3.8) is 0 Å². The van der Waals surface area contributed by atoms with E-state index in [-0.39, 0.29) is 30.9 Å². The number of carbonyl (C=O) groups is 2. The van der Waals surface area contributed by atoms with Crippen LogP contribution < -0.4 is 15.4 Å². The molecule has 0 fully saturated rings.